The number of nitrogens with zero attached hydrogens (tertiary/aromatic N) is 1. The molecule has 0 radical (unpaired) electrons. The molecule has 1 saturated heterocycles. The summed E-state index contributed by atoms with van der Waals surface area (Å²) in [5.74, 6) is 0.830. The molecular formula is C25H31F2N3O4. The smallest absolute Gasteiger partial charge is 0.394 e. The highest BCUT2D eigenvalue weighted by Gasteiger charge is 2.29. The van der Waals surface area contributed by atoms with Crippen LogP contribution >= 0.6 is 0 Å². The number of aryl methyl sites for hydroxylation is 1. The number of phenols is 1. The Morgan fingerprint density at radius 2 is 2.03 bits per heavy atom. The van der Waals surface area contributed by atoms with Crippen LogP contribution in [-0.2, 0) is 11.3 Å². The van der Waals surface area contributed by atoms with Crippen LogP contribution in [0.1, 0.15) is 37.8 Å². The van der Waals surface area contributed by atoms with Crippen molar-refractivity contribution in [1.82, 2.24) is 4.90 Å². The number of ether oxygens (including phenoxy) is 2. The average molecular weight is 476 g/mol. The minimum atomic E-state index is -3.30. The lowest BCUT2D eigenvalue weighted by Crippen LogP contribution is -2.41. The van der Waals surface area contributed by atoms with E-state index in [9.17, 15) is 18.7 Å². The Hall–Kier alpha value is -3.07. The lowest BCUT2D eigenvalue weighted by molar-refractivity contribution is -0.158. The zero-order valence-electron chi connectivity index (χ0n) is 19.7. The van der Waals surface area contributed by atoms with E-state index in [0.717, 1.165) is 43.0 Å². The molecule has 9 heteroatoms. The summed E-state index contributed by atoms with van der Waals surface area (Å²) in [6, 6.07) is 7.75. The van der Waals surface area contributed by atoms with Gasteiger partial charge in [-0.2, -0.15) is 8.78 Å². The molecular weight excluding hydrogens is 444 g/mol. The number of alkyl halides is 2. The van der Waals surface area contributed by atoms with Gasteiger partial charge in [0.05, 0.1) is 12.2 Å². The van der Waals surface area contributed by atoms with Crippen LogP contribution in [0.25, 0.3) is 0 Å². The second-order valence-corrected chi connectivity index (χ2v) is 9.30. The first kappa shape index (κ1) is 24.1. The number of aromatic hydroxyl groups is 1. The number of rotatable bonds is 6. The van der Waals surface area contributed by atoms with E-state index in [0.29, 0.717) is 30.6 Å². The van der Waals surface area contributed by atoms with Gasteiger partial charge in [0.1, 0.15) is 17.2 Å². The molecule has 7 nitrogen and oxygen atoms in total. The highest BCUT2D eigenvalue weighted by atomic mass is 19.3. The number of carbonyl (C=O) groups is 1. The lowest BCUT2D eigenvalue weighted by atomic mass is 9.98. The number of amides is 1. The molecule has 0 bridgehead atoms. The molecule has 2 aromatic rings. The first-order chi connectivity index (χ1) is 16.1. The molecule has 2 aliphatic heterocycles. The van der Waals surface area contributed by atoms with Crippen LogP contribution in [0.2, 0.25) is 0 Å². The molecule has 2 heterocycles. The summed E-state index contributed by atoms with van der Waals surface area (Å²) >= 11 is 0. The number of benzene rings is 2. The van der Waals surface area contributed by atoms with E-state index >= 15 is 0 Å². The molecule has 0 spiro atoms. The van der Waals surface area contributed by atoms with Gasteiger partial charge in [-0.05, 0) is 68.1 Å². The summed E-state index contributed by atoms with van der Waals surface area (Å²) in [4.78, 5) is 15.4. The topological polar surface area (TPSA) is 83.1 Å². The van der Waals surface area contributed by atoms with Crippen LogP contribution in [0.4, 0.5) is 20.2 Å². The monoisotopic (exact) mass is 475 g/mol. The maximum Gasteiger partial charge on any atom is 0.394 e. The SMILES string of the molecule is Cc1cc(CN2CCC(C)CC2)c(NC(=O)C2CNc3cc(OC(C)(F)F)ccc3O2)cc1O. The average Bonchev–Trinajstić information content (AvgIpc) is 2.77. The Balaban J connectivity index is 1.45. The van der Waals surface area contributed by atoms with E-state index in [1.807, 2.05) is 13.0 Å². The van der Waals surface area contributed by atoms with Gasteiger partial charge in [-0.3, -0.25) is 9.69 Å². The maximum atomic E-state index is 13.1. The Morgan fingerprint density at radius 1 is 1.29 bits per heavy atom. The standard InChI is InChI=1S/C25H31F2N3O4/c1-15-6-8-30(9-7-15)14-17-10-16(2)21(31)12-19(17)29-24(32)23-13-28-20-11-18(34-25(3,26)27)4-5-22(20)33-23/h4-5,10-12,15,23,28,31H,6-9,13-14H2,1-3H3,(H,29,32). The van der Waals surface area contributed by atoms with Gasteiger partial charge in [0, 0.05) is 31.3 Å². The Labute approximate surface area is 198 Å². The van der Waals surface area contributed by atoms with E-state index in [4.69, 9.17) is 4.74 Å². The van der Waals surface area contributed by atoms with E-state index in [1.54, 1.807) is 6.07 Å². The quantitative estimate of drug-likeness (QED) is 0.560. The van der Waals surface area contributed by atoms with Crippen molar-refractivity contribution in [3.8, 4) is 17.2 Å². The number of likely N-dealkylation sites (tertiary alicyclic amines) is 1. The second-order valence-electron chi connectivity index (χ2n) is 9.30. The normalized spacial score (nSPS) is 19.0. The molecule has 1 amide bonds. The third-order valence-corrected chi connectivity index (χ3v) is 6.24. The highest BCUT2D eigenvalue weighted by molar-refractivity contribution is 5.96. The van der Waals surface area contributed by atoms with Crippen LogP contribution in [-0.4, -0.2) is 47.8 Å². The second kappa shape index (κ2) is 9.66. The van der Waals surface area contributed by atoms with Crippen molar-refractivity contribution in [3.05, 3.63) is 41.5 Å². The number of fused-ring (bicyclic) bond motifs is 1. The fourth-order valence-electron chi connectivity index (χ4n) is 4.24. The summed E-state index contributed by atoms with van der Waals surface area (Å²) in [5.41, 5.74) is 2.71. The minimum Gasteiger partial charge on any atom is -0.508 e. The number of anilines is 2. The Bertz CT molecular complexity index is 1050. The van der Waals surface area contributed by atoms with E-state index in [2.05, 4.69) is 27.2 Å². The lowest BCUT2D eigenvalue weighted by Gasteiger charge is -2.31. The third kappa shape index (κ3) is 5.88. The number of halogens is 2. The van der Waals surface area contributed by atoms with Gasteiger partial charge < -0.3 is 25.2 Å². The fraction of sp³-hybridized carbons (Fsp3) is 0.480. The number of phenolic OH excluding ortho intramolecular Hbond substituents is 1. The molecule has 0 aromatic heterocycles. The van der Waals surface area contributed by atoms with Gasteiger partial charge in [-0.15, -0.1) is 0 Å². The van der Waals surface area contributed by atoms with Crippen LogP contribution in [0, 0.1) is 12.8 Å². The van der Waals surface area contributed by atoms with Crippen molar-refractivity contribution >= 4 is 17.3 Å². The predicted molar refractivity (Wildman–Crippen MR) is 126 cm³/mol. The summed E-state index contributed by atoms with van der Waals surface area (Å²) in [5, 5.41) is 16.2. The van der Waals surface area contributed by atoms with Crippen molar-refractivity contribution in [2.45, 2.75) is 52.4 Å². The van der Waals surface area contributed by atoms with E-state index in [-0.39, 0.29) is 24.0 Å². The molecule has 0 aliphatic carbocycles. The van der Waals surface area contributed by atoms with Gasteiger partial charge >= 0.3 is 6.11 Å². The molecule has 1 fully saturated rings. The molecule has 1 unspecified atom stereocenters. The first-order valence-electron chi connectivity index (χ1n) is 11.5. The van der Waals surface area contributed by atoms with Gasteiger partial charge in [0.2, 0.25) is 0 Å². The van der Waals surface area contributed by atoms with Crippen LogP contribution in [0.15, 0.2) is 30.3 Å². The summed E-state index contributed by atoms with van der Waals surface area (Å²) in [7, 11) is 0. The van der Waals surface area contributed by atoms with Gasteiger partial charge in [-0.1, -0.05) is 6.92 Å². The van der Waals surface area contributed by atoms with Crippen molar-refractivity contribution in [3.63, 3.8) is 0 Å². The number of piperidine rings is 1. The number of carbonyl (C=O) groups excluding carboxylic acids is 1. The number of hydrogen-bond acceptors (Lipinski definition) is 6. The Morgan fingerprint density at radius 3 is 2.74 bits per heavy atom. The van der Waals surface area contributed by atoms with Crippen molar-refractivity contribution in [2.75, 3.05) is 30.3 Å². The fourth-order valence-corrected chi connectivity index (χ4v) is 4.24. The molecule has 3 N–H and O–H groups in total. The zero-order valence-corrected chi connectivity index (χ0v) is 19.7. The van der Waals surface area contributed by atoms with Crippen LogP contribution in [0.5, 0.6) is 17.2 Å². The van der Waals surface area contributed by atoms with Crippen molar-refractivity contribution in [2.24, 2.45) is 5.92 Å². The van der Waals surface area contributed by atoms with Crippen LogP contribution < -0.4 is 20.1 Å². The van der Waals surface area contributed by atoms with Crippen molar-refractivity contribution in [1.29, 1.82) is 0 Å². The molecule has 1 atom stereocenters. The van der Waals surface area contributed by atoms with Gasteiger partial charge in [0.25, 0.3) is 5.91 Å². The summed E-state index contributed by atoms with van der Waals surface area (Å²) < 4.78 is 36.6. The molecule has 184 valence electrons. The van der Waals surface area contributed by atoms with E-state index < -0.39 is 12.2 Å². The van der Waals surface area contributed by atoms with E-state index in [1.165, 1.54) is 18.2 Å². The van der Waals surface area contributed by atoms with Gasteiger partial charge in [0.15, 0.2) is 6.10 Å². The first-order valence-corrected chi connectivity index (χ1v) is 11.5. The number of hydrogen-bond donors (Lipinski definition) is 3. The third-order valence-electron chi connectivity index (χ3n) is 6.24. The minimum absolute atomic E-state index is 0.00266. The van der Waals surface area contributed by atoms with Gasteiger partial charge in [-0.25, -0.2) is 0 Å². The number of nitrogens with one attached hydrogen (secondary N) is 2. The molecule has 4 rings (SSSR count). The predicted octanol–water partition coefficient (Wildman–Crippen LogP) is 4.74. The molecule has 2 aliphatic rings. The highest BCUT2D eigenvalue weighted by Crippen LogP contribution is 2.35. The molecule has 0 saturated carbocycles. The zero-order chi connectivity index (χ0) is 24.5. The largest absolute Gasteiger partial charge is 0.508 e. The summed E-state index contributed by atoms with van der Waals surface area (Å²) in [6.45, 7) is 7.59. The van der Waals surface area contributed by atoms with Crippen LogP contribution in [0.3, 0.4) is 0 Å². The molecule has 34 heavy (non-hydrogen) atoms. The Kier molecular flexibility index (Phi) is 6.84. The van der Waals surface area contributed by atoms with Crippen molar-refractivity contribution < 1.29 is 28.2 Å². The summed E-state index contributed by atoms with van der Waals surface area (Å²) in [6.07, 6.45) is -1.85. The maximum absolute atomic E-state index is 13.1. The molecule has 2 aromatic carbocycles.